The van der Waals surface area contributed by atoms with E-state index < -0.39 is 17.2 Å². The van der Waals surface area contributed by atoms with Crippen LogP contribution in [0.25, 0.3) is 0 Å². The molecule has 0 unspecified atom stereocenters. The monoisotopic (exact) mass is 254 g/mol. The van der Waals surface area contributed by atoms with Gasteiger partial charge in [0.15, 0.2) is 0 Å². The van der Waals surface area contributed by atoms with Crippen molar-refractivity contribution in [3.63, 3.8) is 0 Å². The average molecular weight is 255 g/mol. The van der Waals surface area contributed by atoms with Gasteiger partial charge in [0.1, 0.15) is 0 Å². The van der Waals surface area contributed by atoms with Crippen LogP contribution >= 0.6 is 23.4 Å². The molecule has 1 aromatic rings. The van der Waals surface area contributed by atoms with Crippen molar-refractivity contribution in [1.29, 1.82) is 0 Å². The summed E-state index contributed by atoms with van der Waals surface area (Å²) >= 11 is 5.82. The van der Waals surface area contributed by atoms with Gasteiger partial charge in [0.2, 0.25) is 0 Å². The average Bonchev–Trinajstić information content (AvgIpc) is 2.14. The zero-order chi connectivity index (χ0) is 11.5. The van der Waals surface area contributed by atoms with Crippen LogP contribution < -0.4 is 0 Å². The van der Waals surface area contributed by atoms with E-state index in [-0.39, 0.29) is 5.56 Å². The molecule has 6 heteroatoms. The standard InChI is InChI=1S/C9H6ClF3OS/c10-8(14)6-2-1-3-7(4-6)15-5-9(11,12)13/h1-4H,5H2. The maximum absolute atomic E-state index is 11.9. The number of halogens is 4. The van der Waals surface area contributed by atoms with Gasteiger partial charge in [-0.15, -0.1) is 11.8 Å². The highest BCUT2D eigenvalue weighted by molar-refractivity contribution is 7.99. The lowest BCUT2D eigenvalue weighted by molar-refractivity contribution is -0.105. The molecule has 0 aliphatic heterocycles. The van der Waals surface area contributed by atoms with E-state index in [1.807, 2.05) is 0 Å². The van der Waals surface area contributed by atoms with Gasteiger partial charge in [0.05, 0.1) is 5.75 Å². The summed E-state index contributed by atoms with van der Waals surface area (Å²) in [5.74, 6) is -0.979. The Balaban J connectivity index is 2.70. The summed E-state index contributed by atoms with van der Waals surface area (Å²) < 4.78 is 35.7. The van der Waals surface area contributed by atoms with Crippen LogP contribution in [-0.2, 0) is 0 Å². The number of hydrogen-bond donors (Lipinski definition) is 0. The van der Waals surface area contributed by atoms with Gasteiger partial charge >= 0.3 is 6.18 Å². The van der Waals surface area contributed by atoms with Gasteiger partial charge in [-0.05, 0) is 23.7 Å². The number of hydrogen-bond acceptors (Lipinski definition) is 2. The molecule has 82 valence electrons. The number of carbonyl (C=O) groups is 1. The summed E-state index contributed by atoms with van der Waals surface area (Å²) in [5.41, 5.74) is 0.198. The highest BCUT2D eigenvalue weighted by Crippen LogP contribution is 2.27. The fourth-order valence-electron chi connectivity index (χ4n) is 0.873. The minimum Gasteiger partial charge on any atom is -0.276 e. The van der Waals surface area contributed by atoms with Gasteiger partial charge in [0.25, 0.3) is 5.24 Å². The Kier molecular flexibility index (Phi) is 4.04. The highest BCUT2D eigenvalue weighted by Gasteiger charge is 2.27. The van der Waals surface area contributed by atoms with Crippen molar-refractivity contribution in [2.45, 2.75) is 11.1 Å². The van der Waals surface area contributed by atoms with Gasteiger partial charge in [-0.25, -0.2) is 0 Å². The molecular weight excluding hydrogens is 249 g/mol. The molecule has 15 heavy (non-hydrogen) atoms. The molecule has 0 fully saturated rings. The van der Waals surface area contributed by atoms with E-state index >= 15 is 0 Å². The lowest BCUT2D eigenvalue weighted by Crippen LogP contribution is -2.10. The SMILES string of the molecule is O=C(Cl)c1cccc(SCC(F)(F)F)c1. The summed E-state index contributed by atoms with van der Waals surface area (Å²) in [6.45, 7) is 0. The van der Waals surface area contributed by atoms with Crippen LogP contribution in [0.15, 0.2) is 29.2 Å². The molecule has 0 aromatic heterocycles. The molecule has 0 aliphatic carbocycles. The van der Waals surface area contributed by atoms with Gasteiger partial charge in [-0.1, -0.05) is 12.1 Å². The number of alkyl halides is 3. The zero-order valence-corrected chi connectivity index (χ0v) is 8.92. The van der Waals surface area contributed by atoms with Crippen LogP contribution in [0.2, 0.25) is 0 Å². The van der Waals surface area contributed by atoms with E-state index in [1.54, 1.807) is 0 Å². The molecule has 1 rings (SSSR count). The molecule has 0 N–H and O–H groups in total. The molecule has 0 saturated heterocycles. The maximum Gasteiger partial charge on any atom is 0.398 e. The topological polar surface area (TPSA) is 17.1 Å². The molecule has 0 atom stereocenters. The number of benzene rings is 1. The van der Waals surface area contributed by atoms with E-state index in [0.29, 0.717) is 16.7 Å². The minimum atomic E-state index is -4.22. The van der Waals surface area contributed by atoms with Crippen LogP contribution in [-0.4, -0.2) is 17.2 Å². The Bertz CT molecular complexity index is 365. The van der Waals surface area contributed by atoms with E-state index in [2.05, 4.69) is 0 Å². The first-order chi connectivity index (χ1) is 6.88. The van der Waals surface area contributed by atoms with Crippen LogP contribution in [0.4, 0.5) is 13.2 Å². The Labute approximate surface area is 93.6 Å². The Morgan fingerprint density at radius 1 is 1.40 bits per heavy atom. The van der Waals surface area contributed by atoms with Crippen LogP contribution in [0.1, 0.15) is 10.4 Å². The van der Waals surface area contributed by atoms with E-state index in [1.165, 1.54) is 24.3 Å². The van der Waals surface area contributed by atoms with Gasteiger partial charge in [-0.2, -0.15) is 13.2 Å². The molecule has 0 spiro atoms. The lowest BCUT2D eigenvalue weighted by Gasteiger charge is -2.05. The summed E-state index contributed by atoms with van der Waals surface area (Å²) in [6, 6.07) is 5.78. The molecule has 1 nitrogen and oxygen atoms in total. The first kappa shape index (κ1) is 12.4. The summed E-state index contributed by atoms with van der Waals surface area (Å²) in [6.07, 6.45) is -4.22. The molecule has 0 radical (unpaired) electrons. The number of rotatable bonds is 3. The summed E-state index contributed by atoms with van der Waals surface area (Å²) in [4.78, 5) is 11.1. The molecule has 0 bridgehead atoms. The Morgan fingerprint density at radius 3 is 2.60 bits per heavy atom. The first-order valence-corrected chi connectivity index (χ1v) is 5.24. The smallest absolute Gasteiger partial charge is 0.276 e. The minimum absolute atomic E-state index is 0.198. The largest absolute Gasteiger partial charge is 0.398 e. The van der Waals surface area contributed by atoms with Gasteiger partial charge in [0, 0.05) is 10.5 Å². The predicted octanol–water partition coefficient (Wildman–Crippen LogP) is 3.72. The quantitative estimate of drug-likeness (QED) is 0.604. The molecule has 0 aliphatic rings. The summed E-state index contributed by atoms with van der Waals surface area (Å²) in [5, 5.41) is -0.676. The first-order valence-electron chi connectivity index (χ1n) is 3.88. The van der Waals surface area contributed by atoms with Crippen molar-refractivity contribution < 1.29 is 18.0 Å². The van der Waals surface area contributed by atoms with E-state index in [4.69, 9.17) is 11.6 Å². The van der Waals surface area contributed by atoms with Crippen molar-refractivity contribution in [1.82, 2.24) is 0 Å². The second kappa shape index (κ2) is 4.90. The zero-order valence-electron chi connectivity index (χ0n) is 7.34. The Morgan fingerprint density at radius 2 is 2.07 bits per heavy atom. The van der Waals surface area contributed by atoms with E-state index in [0.717, 1.165) is 0 Å². The summed E-state index contributed by atoms with van der Waals surface area (Å²) in [7, 11) is 0. The third kappa shape index (κ3) is 4.57. The van der Waals surface area contributed by atoms with Crippen LogP contribution in [0.3, 0.4) is 0 Å². The van der Waals surface area contributed by atoms with Gasteiger partial charge < -0.3 is 0 Å². The second-order valence-electron chi connectivity index (χ2n) is 2.71. The maximum atomic E-state index is 11.9. The highest BCUT2D eigenvalue weighted by atomic mass is 35.5. The second-order valence-corrected chi connectivity index (χ2v) is 4.10. The molecule has 0 saturated carbocycles. The third-order valence-corrected chi connectivity index (χ3v) is 2.74. The van der Waals surface area contributed by atoms with Crippen molar-refractivity contribution >= 4 is 28.6 Å². The van der Waals surface area contributed by atoms with Crippen molar-refractivity contribution in [3.05, 3.63) is 29.8 Å². The van der Waals surface area contributed by atoms with Crippen molar-refractivity contribution in [2.24, 2.45) is 0 Å². The van der Waals surface area contributed by atoms with Crippen LogP contribution in [0.5, 0.6) is 0 Å². The van der Waals surface area contributed by atoms with Crippen LogP contribution in [0, 0.1) is 0 Å². The number of carbonyl (C=O) groups excluding carboxylic acids is 1. The fourth-order valence-corrected chi connectivity index (χ4v) is 1.71. The Hall–Kier alpha value is -0.680. The van der Waals surface area contributed by atoms with Crippen molar-refractivity contribution in [2.75, 3.05) is 5.75 Å². The van der Waals surface area contributed by atoms with Gasteiger partial charge in [-0.3, -0.25) is 4.79 Å². The molecule has 1 aromatic carbocycles. The number of thioether (sulfide) groups is 1. The molecule has 0 amide bonds. The van der Waals surface area contributed by atoms with E-state index in [9.17, 15) is 18.0 Å². The predicted molar refractivity (Wildman–Crippen MR) is 53.4 cm³/mol. The fraction of sp³-hybridized carbons (Fsp3) is 0.222. The third-order valence-electron chi connectivity index (χ3n) is 1.46. The lowest BCUT2D eigenvalue weighted by atomic mass is 10.2. The molecule has 0 heterocycles. The molecular formula is C9H6ClF3OS. The normalized spacial score (nSPS) is 11.5. The van der Waals surface area contributed by atoms with Crippen molar-refractivity contribution in [3.8, 4) is 0 Å².